The summed E-state index contributed by atoms with van der Waals surface area (Å²) in [5.74, 6) is 0. The predicted octanol–water partition coefficient (Wildman–Crippen LogP) is 0.769. The van der Waals surface area contributed by atoms with Crippen molar-refractivity contribution in [2.45, 2.75) is 50.0 Å². The third kappa shape index (κ3) is 4.36. The van der Waals surface area contributed by atoms with Gasteiger partial charge < -0.3 is 16.2 Å². The van der Waals surface area contributed by atoms with Crippen LogP contribution in [0.4, 0.5) is 13.2 Å². The first-order valence-electron chi connectivity index (χ1n) is 5.13. The van der Waals surface area contributed by atoms with E-state index in [4.69, 9.17) is 10.8 Å². The highest BCUT2D eigenvalue weighted by atomic mass is 19.4. The van der Waals surface area contributed by atoms with Crippen molar-refractivity contribution in [3.63, 3.8) is 0 Å². The molecule has 1 rings (SSSR count). The molecule has 0 saturated heterocycles. The van der Waals surface area contributed by atoms with Gasteiger partial charge in [-0.2, -0.15) is 13.2 Å². The third-order valence-corrected chi connectivity index (χ3v) is 2.69. The molecular weight excluding hydrogens is 209 g/mol. The molecule has 1 aliphatic rings. The number of aliphatic hydroxyl groups is 1. The Morgan fingerprint density at radius 3 is 2.60 bits per heavy atom. The van der Waals surface area contributed by atoms with Crippen LogP contribution < -0.4 is 11.1 Å². The molecule has 4 N–H and O–H groups in total. The van der Waals surface area contributed by atoms with Crippen LogP contribution in [-0.2, 0) is 0 Å². The lowest BCUT2D eigenvalue weighted by Crippen LogP contribution is -2.45. The Morgan fingerprint density at radius 2 is 2.07 bits per heavy atom. The van der Waals surface area contributed by atoms with Gasteiger partial charge in [0.05, 0.1) is 0 Å². The molecule has 0 aromatic heterocycles. The van der Waals surface area contributed by atoms with Crippen molar-refractivity contribution in [1.82, 2.24) is 5.32 Å². The van der Waals surface area contributed by atoms with E-state index < -0.39 is 18.8 Å². The normalized spacial score (nSPS) is 30.2. The van der Waals surface area contributed by atoms with Crippen molar-refractivity contribution >= 4 is 0 Å². The van der Waals surface area contributed by atoms with Gasteiger partial charge >= 0.3 is 6.18 Å². The number of nitrogens with one attached hydrogen (secondary N) is 1. The van der Waals surface area contributed by atoms with Crippen molar-refractivity contribution in [2.75, 3.05) is 6.54 Å². The highest BCUT2D eigenvalue weighted by Crippen LogP contribution is 2.21. The summed E-state index contributed by atoms with van der Waals surface area (Å²) in [6, 6.07) is 0.0741. The van der Waals surface area contributed by atoms with Gasteiger partial charge in [0.25, 0.3) is 0 Å². The average molecular weight is 226 g/mol. The summed E-state index contributed by atoms with van der Waals surface area (Å²) < 4.78 is 35.9. The topological polar surface area (TPSA) is 58.3 Å². The molecule has 3 nitrogen and oxygen atoms in total. The van der Waals surface area contributed by atoms with Crippen LogP contribution in [0.5, 0.6) is 0 Å². The fraction of sp³-hybridized carbons (Fsp3) is 1.00. The Balaban J connectivity index is 2.24. The molecule has 0 aromatic rings. The molecule has 0 aliphatic heterocycles. The minimum absolute atomic E-state index is 0.00532. The molecule has 3 unspecified atom stereocenters. The van der Waals surface area contributed by atoms with Crippen LogP contribution in [0, 0.1) is 0 Å². The maximum absolute atomic E-state index is 12.0. The van der Waals surface area contributed by atoms with E-state index in [9.17, 15) is 13.2 Å². The van der Waals surface area contributed by atoms with Crippen molar-refractivity contribution in [2.24, 2.45) is 5.73 Å². The smallest absolute Gasteiger partial charge is 0.382 e. The Bertz CT molecular complexity index is 198. The van der Waals surface area contributed by atoms with Crippen LogP contribution >= 0.6 is 0 Å². The quantitative estimate of drug-likeness (QED) is 0.666. The van der Waals surface area contributed by atoms with E-state index in [1.165, 1.54) is 0 Å². The number of nitrogens with two attached hydrogens (primary N) is 1. The Hall–Kier alpha value is -0.330. The second-order valence-corrected chi connectivity index (χ2v) is 4.09. The summed E-state index contributed by atoms with van der Waals surface area (Å²) in [5.41, 5.74) is 5.69. The van der Waals surface area contributed by atoms with E-state index in [0.29, 0.717) is 6.42 Å². The van der Waals surface area contributed by atoms with Crippen LogP contribution in [0.25, 0.3) is 0 Å². The monoisotopic (exact) mass is 226 g/mol. The average Bonchev–Trinajstić information content (AvgIpc) is 2.12. The van der Waals surface area contributed by atoms with Crippen LogP contribution in [0.1, 0.15) is 25.7 Å². The van der Waals surface area contributed by atoms with Gasteiger partial charge in [-0.25, -0.2) is 0 Å². The zero-order chi connectivity index (χ0) is 11.5. The molecule has 0 heterocycles. The first kappa shape index (κ1) is 12.7. The van der Waals surface area contributed by atoms with E-state index in [1.54, 1.807) is 0 Å². The number of aliphatic hydroxyl groups excluding tert-OH is 1. The molecule has 0 bridgehead atoms. The van der Waals surface area contributed by atoms with E-state index in [1.807, 2.05) is 0 Å². The Kier molecular flexibility index (Phi) is 4.36. The molecule has 6 heteroatoms. The molecule has 0 amide bonds. The van der Waals surface area contributed by atoms with Crippen molar-refractivity contribution in [3.05, 3.63) is 0 Å². The van der Waals surface area contributed by atoms with Gasteiger partial charge in [0.1, 0.15) is 0 Å². The third-order valence-electron chi connectivity index (χ3n) is 2.69. The van der Waals surface area contributed by atoms with Crippen LogP contribution in [0.15, 0.2) is 0 Å². The fourth-order valence-corrected chi connectivity index (χ4v) is 1.81. The highest BCUT2D eigenvalue weighted by molar-refractivity contribution is 4.81. The molecule has 0 aromatic carbocycles. The predicted molar refractivity (Wildman–Crippen MR) is 50.3 cm³/mol. The molecule has 0 radical (unpaired) electrons. The first-order chi connectivity index (χ1) is 6.89. The summed E-state index contributed by atoms with van der Waals surface area (Å²) in [4.78, 5) is 0. The van der Waals surface area contributed by atoms with E-state index >= 15 is 0 Å². The van der Waals surface area contributed by atoms with Crippen molar-refractivity contribution in [3.8, 4) is 0 Å². The molecule has 15 heavy (non-hydrogen) atoms. The van der Waals surface area contributed by atoms with Gasteiger partial charge in [-0.15, -0.1) is 0 Å². The number of hydrogen-bond acceptors (Lipinski definition) is 3. The van der Waals surface area contributed by atoms with Crippen LogP contribution in [0.2, 0.25) is 0 Å². The Morgan fingerprint density at radius 1 is 1.40 bits per heavy atom. The number of rotatable bonds is 3. The van der Waals surface area contributed by atoms with Gasteiger partial charge in [0, 0.05) is 18.6 Å². The van der Waals surface area contributed by atoms with E-state index in [-0.39, 0.29) is 12.1 Å². The number of alkyl halides is 3. The molecule has 1 fully saturated rings. The van der Waals surface area contributed by atoms with Gasteiger partial charge in [0.2, 0.25) is 0 Å². The zero-order valence-electron chi connectivity index (χ0n) is 8.43. The fourth-order valence-electron chi connectivity index (χ4n) is 1.81. The lowest BCUT2D eigenvalue weighted by Gasteiger charge is -2.28. The van der Waals surface area contributed by atoms with E-state index in [0.717, 1.165) is 19.3 Å². The lowest BCUT2D eigenvalue weighted by molar-refractivity contribution is -0.202. The maximum atomic E-state index is 12.0. The first-order valence-corrected chi connectivity index (χ1v) is 5.13. The summed E-state index contributed by atoms with van der Waals surface area (Å²) in [7, 11) is 0. The summed E-state index contributed by atoms with van der Waals surface area (Å²) >= 11 is 0. The molecule has 3 atom stereocenters. The van der Waals surface area contributed by atoms with Crippen LogP contribution in [0.3, 0.4) is 0 Å². The minimum atomic E-state index is -4.54. The van der Waals surface area contributed by atoms with Crippen LogP contribution in [-0.4, -0.2) is 36.0 Å². The molecule has 0 spiro atoms. The highest BCUT2D eigenvalue weighted by Gasteiger charge is 2.38. The minimum Gasteiger partial charge on any atom is -0.382 e. The number of hydrogen-bond donors (Lipinski definition) is 3. The van der Waals surface area contributed by atoms with E-state index in [2.05, 4.69) is 5.32 Å². The van der Waals surface area contributed by atoms with Gasteiger partial charge in [-0.05, 0) is 19.3 Å². The molecule has 90 valence electrons. The van der Waals surface area contributed by atoms with Gasteiger partial charge in [-0.3, -0.25) is 0 Å². The van der Waals surface area contributed by atoms with Crippen molar-refractivity contribution < 1.29 is 18.3 Å². The maximum Gasteiger partial charge on any atom is 0.415 e. The molecule has 1 saturated carbocycles. The van der Waals surface area contributed by atoms with Gasteiger partial charge in [-0.1, -0.05) is 6.42 Å². The summed E-state index contributed by atoms with van der Waals surface area (Å²) in [5, 5.41) is 11.5. The summed E-state index contributed by atoms with van der Waals surface area (Å²) in [6.07, 6.45) is -3.44. The lowest BCUT2D eigenvalue weighted by atomic mass is 9.91. The second-order valence-electron chi connectivity index (χ2n) is 4.09. The molecule has 1 aliphatic carbocycles. The number of halogens is 3. The molecular formula is C9H17F3N2O. The second kappa shape index (κ2) is 5.14. The Labute approximate surface area is 86.8 Å². The standard InChI is InChI=1S/C9H17F3N2O/c10-9(11,12)8(15)5-14-7-3-1-2-6(13)4-7/h6-8,14-15H,1-5,13H2. The SMILES string of the molecule is NC1CCCC(NCC(O)C(F)(F)F)C1. The summed E-state index contributed by atoms with van der Waals surface area (Å²) in [6.45, 7) is -0.444. The van der Waals surface area contributed by atoms with Crippen molar-refractivity contribution in [1.29, 1.82) is 0 Å². The largest absolute Gasteiger partial charge is 0.415 e. The van der Waals surface area contributed by atoms with Gasteiger partial charge in [0.15, 0.2) is 6.10 Å². The zero-order valence-corrected chi connectivity index (χ0v) is 8.43.